The molecule has 0 spiro atoms. The number of fused-ring (bicyclic) bond motifs is 1. The third kappa shape index (κ3) is 4.68. The van der Waals surface area contributed by atoms with Crippen molar-refractivity contribution >= 4 is 40.2 Å². The van der Waals surface area contributed by atoms with E-state index in [1.807, 2.05) is 68.4 Å². The number of aryl methyl sites for hydroxylation is 2. The summed E-state index contributed by atoms with van der Waals surface area (Å²) >= 11 is 6.35. The van der Waals surface area contributed by atoms with Crippen LogP contribution < -0.4 is 15.1 Å². The molecule has 1 fully saturated rings. The number of aromatic nitrogens is 4. The maximum Gasteiger partial charge on any atom is 0.228 e. The summed E-state index contributed by atoms with van der Waals surface area (Å²) in [5, 5.41) is 5.22. The fourth-order valence-electron chi connectivity index (χ4n) is 4.12. The molecule has 0 atom stereocenters. The molecule has 8 heteroatoms. The summed E-state index contributed by atoms with van der Waals surface area (Å²) in [4.78, 5) is 23.5. The summed E-state index contributed by atoms with van der Waals surface area (Å²) < 4.78 is 0. The predicted octanol–water partition coefficient (Wildman–Crippen LogP) is 4.63. The Morgan fingerprint density at radius 2 is 1.39 bits per heavy atom. The van der Waals surface area contributed by atoms with E-state index >= 15 is 0 Å². The summed E-state index contributed by atoms with van der Waals surface area (Å²) in [5.74, 6) is 2.35. The lowest BCUT2D eigenvalue weighted by atomic mass is 10.2. The average molecular weight is 460 g/mol. The standard InChI is InChI=1S/C25H26ClN7/c1-17-15-18(2)29-24(28-17)32-11-13-33(14-12-32)25-30-22-10-6-4-8-20(22)23(31-25)27-16-19-7-3-5-9-21(19)26/h3-10,15H,11-14,16H2,1-2H3,(H,27,30,31). The van der Waals surface area contributed by atoms with Gasteiger partial charge in [-0.05, 0) is 43.7 Å². The normalized spacial score (nSPS) is 14.0. The van der Waals surface area contributed by atoms with Crippen LogP contribution in [0.4, 0.5) is 17.7 Å². The molecular formula is C25H26ClN7. The largest absolute Gasteiger partial charge is 0.365 e. The highest BCUT2D eigenvalue weighted by Gasteiger charge is 2.22. The summed E-state index contributed by atoms with van der Waals surface area (Å²) in [6, 6.07) is 17.9. The molecule has 4 aromatic rings. The second-order valence-electron chi connectivity index (χ2n) is 8.26. The van der Waals surface area contributed by atoms with E-state index in [-0.39, 0.29) is 0 Å². The van der Waals surface area contributed by atoms with E-state index < -0.39 is 0 Å². The van der Waals surface area contributed by atoms with Gasteiger partial charge in [-0.15, -0.1) is 0 Å². The fourth-order valence-corrected chi connectivity index (χ4v) is 4.32. The van der Waals surface area contributed by atoms with Gasteiger partial charge >= 0.3 is 0 Å². The van der Waals surface area contributed by atoms with Gasteiger partial charge in [0, 0.05) is 54.5 Å². The van der Waals surface area contributed by atoms with E-state index in [9.17, 15) is 0 Å². The molecule has 3 heterocycles. The van der Waals surface area contributed by atoms with Crippen molar-refractivity contribution in [2.24, 2.45) is 0 Å². The summed E-state index contributed by atoms with van der Waals surface area (Å²) in [6.07, 6.45) is 0. The van der Waals surface area contributed by atoms with Crippen LogP contribution in [0.3, 0.4) is 0 Å². The zero-order chi connectivity index (χ0) is 22.8. The molecule has 5 rings (SSSR count). The second kappa shape index (κ2) is 9.19. The number of para-hydroxylation sites is 1. The average Bonchev–Trinajstić information content (AvgIpc) is 2.83. The van der Waals surface area contributed by atoms with E-state index in [2.05, 4.69) is 25.1 Å². The zero-order valence-corrected chi connectivity index (χ0v) is 19.5. The van der Waals surface area contributed by atoms with Gasteiger partial charge in [0.25, 0.3) is 0 Å². The lowest BCUT2D eigenvalue weighted by molar-refractivity contribution is 0.627. The maximum absolute atomic E-state index is 6.35. The highest BCUT2D eigenvalue weighted by Crippen LogP contribution is 2.26. The first-order valence-corrected chi connectivity index (χ1v) is 11.5. The van der Waals surface area contributed by atoms with Gasteiger partial charge in [0.1, 0.15) is 5.82 Å². The quantitative estimate of drug-likeness (QED) is 0.466. The van der Waals surface area contributed by atoms with Crippen LogP contribution in [0.1, 0.15) is 17.0 Å². The molecule has 33 heavy (non-hydrogen) atoms. The van der Waals surface area contributed by atoms with Gasteiger partial charge in [0.2, 0.25) is 11.9 Å². The molecule has 1 aliphatic heterocycles. The first-order chi connectivity index (χ1) is 16.1. The number of benzene rings is 2. The second-order valence-corrected chi connectivity index (χ2v) is 8.67. The van der Waals surface area contributed by atoms with Gasteiger partial charge < -0.3 is 15.1 Å². The maximum atomic E-state index is 6.35. The van der Waals surface area contributed by atoms with Gasteiger partial charge in [0.05, 0.1) is 5.52 Å². The molecule has 1 saturated heterocycles. The van der Waals surface area contributed by atoms with E-state index in [4.69, 9.17) is 21.6 Å². The number of piperazine rings is 1. The molecule has 1 aliphatic rings. The smallest absolute Gasteiger partial charge is 0.228 e. The highest BCUT2D eigenvalue weighted by molar-refractivity contribution is 6.31. The van der Waals surface area contributed by atoms with Gasteiger partial charge in [-0.3, -0.25) is 0 Å². The monoisotopic (exact) mass is 459 g/mol. The molecule has 2 aromatic carbocycles. The van der Waals surface area contributed by atoms with Crippen LogP contribution in [-0.2, 0) is 6.54 Å². The van der Waals surface area contributed by atoms with E-state index in [0.717, 1.165) is 76.8 Å². The molecule has 0 radical (unpaired) electrons. The first kappa shape index (κ1) is 21.4. The van der Waals surface area contributed by atoms with Crippen molar-refractivity contribution in [2.45, 2.75) is 20.4 Å². The number of anilines is 3. The van der Waals surface area contributed by atoms with Crippen molar-refractivity contribution in [3.63, 3.8) is 0 Å². The van der Waals surface area contributed by atoms with Gasteiger partial charge in [-0.1, -0.05) is 41.9 Å². The Labute approximate surface area is 198 Å². The summed E-state index contributed by atoms with van der Waals surface area (Å²) in [6.45, 7) is 7.86. The van der Waals surface area contributed by atoms with Crippen molar-refractivity contribution in [3.05, 3.63) is 76.6 Å². The van der Waals surface area contributed by atoms with E-state index in [1.165, 1.54) is 0 Å². The summed E-state index contributed by atoms with van der Waals surface area (Å²) in [5.41, 5.74) is 3.94. The molecule has 7 nitrogen and oxygen atoms in total. The van der Waals surface area contributed by atoms with Crippen LogP contribution in [0.15, 0.2) is 54.6 Å². The van der Waals surface area contributed by atoms with E-state index in [1.54, 1.807) is 0 Å². The Bertz CT molecular complexity index is 1260. The zero-order valence-electron chi connectivity index (χ0n) is 18.8. The molecule has 0 aliphatic carbocycles. The number of nitrogens with zero attached hydrogens (tertiary/aromatic N) is 6. The van der Waals surface area contributed by atoms with Crippen LogP contribution in [-0.4, -0.2) is 46.1 Å². The molecule has 1 N–H and O–H groups in total. The molecule has 0 unspecified atom stereocenters. The Morgan fingerprint density at radius 1 is 0.788 bits per heavy atom. The van der Waals surface area contributed by atoms with Gasteiger partial charge in [-0.25, -0.2) is 15.0 Å². The molecular weight excluding hydrogens is 434 g/mol. The molecule has 0 bridgehead atoms. The predicted molar refractivity (Wildman–Crippen MR) is 134 cm³/mol. The number of nitrogens with one attached hydrogen (secondary N) is 1. The SMILES string of the molecule is Cc1cc(C)nc(N2CCN(c3nc(NCc4ccccc4Cl)c4ccccc4n3)CC2)n1. The topological polar surface area (TPSA) is 70.1 Å². The number of rotatable bonds is 5. The molecule has 168 valence electrons. The van der Waals surface area contributed by atoms with Crippen LogP contribution in [0, 0.1) is 13.8 Å². The van der Waals surface area contributed by atoms with Crippen LogP contribution >= 0.6 is 11.6 Å². The molecule has 0 saturated carbocycles. The first-order valence-electron chi connectivity index (χ1n) is 11.1. The minimum atomic E-state index is 0.595. The van der Waals surface area contributed by atoms with Gasteiger partial charge in [0.15, 0.2) is 0 Å². The van der Waals surface area contributed by atoms with Crippen molar-refractivity contribution in [1.29, 1.82) is 0 Å². The van der Waals surface area contributed by atoms with Crippen molar-refractivity contribution in [2.75, 3.05) is 41.3 Å². The molecule has 0 amide bonds. The van der Waals surface area contributed by atoms with Gasteiger partial charge in [-0.2, -0.15) is 4.98 Å². The Morgan fingerprint density at radius 3 is 2.09 bits per heavy atom. The van der Waals surface area contributed by atoms with Crippen LogP contribution in [0.25, 0.3) is 10.9 Å². The van der Waals surface area contributed by atoms with Crippen molar-refractivity contribution in [3.8, 4) is 0 Å². The Balaban J connectivity index is 1.37. The van der Waals surface area contributed by atoms with E-state index in [0.29, 0.717) is 6.54 Å². The number of hydrogen-bond acceptors (Lipinski definition) is 7. The van der Waals surface area contributed by atoms with Crippen LogP contribution in [0.5, 0.6) is 0 Å². The highest BCUT2D eigenvalue weighted by atomic mass is 35.5. The minimum Gasteiger partial charge on any atom is -0.365 e. The Kier molecular flexibility index (Phi) is 5.96. The minimum absolute atomic E-state index is 0.595. The molecule has 2 aromatic heterocycles. The van der Waals surface area contributed by atoms with Crippen molar-refractivity contribution < 1.29 is 0 Å². The fraction of sp³-hybridized carbons (Fsp3) is 0.280. The lowest BCUT2D eigenvalue weighted by Crippen LogP contribution is -2.47. The van der Waals surface area contributed by atoms with Crippen molar-refractivity contribution in [1.82, 2.24) is 19.9 Å². The number of hydrogen-bond donors (Lipinski definition) is 1. The number of halogens is 1. The third-order valence-corrected chi connectivity index (χ3v) is 6.18. The Hall–Kier alpha value is -3.45. The van der Waals surface area contributed by atoms with Crippen LogP contribution in [0.2, 0.25) is 5.02 Å². The summed E-state index contributed by atoms with van der Waals surface area (Å²) in [7, 11) is 0. The third-order valence-electron chi connectivity index (χ3n) is 5.81. The lowest BCUT2D eigenvalue weighted by Gasteiger charge is -2.35.